The van der Waals surface area contributed by atoms with Crippen molar-refractivity contribution in [2.75, 3.05) is 0 Å². The van der Waals surface area contributed by atoms with E-state index >= 15 is 0 Å². The molecule has 0 aromatic carbocycles. The normalized spacial score (nSPS) is 11.3. The number of carbonyl (C=O) groups excluding carboxylic acids is 1. The van der Waals surface area contributed by atoms with Crippen molar-refractivity contribution in [3.05, 3.63) is 11.6 Å². The second kappa shape index (κ2) is 7.14. The molecule has 0 aliphatic heterocycles. The van der Waals surface area contributed by atoms with Gasteiger partial charge in [-0.25, -0.2) is 4.79 Å². The predicted octanol–water partition coefficient (Wildman–Crippen LogP) is 2.58. The van der Waals surface area contributed by atoms with Crippen molar-refractivity contribution in [2.24, 2.45) is 0 Å². The van der Waals surface area contributed by atoms with Gasteiger partial charge in [0.05, 0.1) is 0 Å². The minimum atomic E-state index is -0.599. The molecule has 0 aliphatic rings. The van der Waals surface area contributed by atoms with E-state index in [0.717, 1.165) is 18.4 Å². The second-order valence-corrected chi connectivity index (χ2v) is 3.42. The summed E-state index contributed by atoms with van der Waals surface area (Å²) in [5.74, 6) is -0.423. The van der Waals surface area contributed by atoms with Gasteiger partial charge in [0.2, 0.25) is 0 Å². The molecule has 1 unspecified atom stereocenters. The van der Waals surface area contributed by atoms with Gasteiger partial charge in [0, 0.05) is 6.08 Å². The Hall–Kier alpha value is -1.30. The van der Waals surface area contributed by atoms with Crippen molar-refractivity contribution < 1.29 is 9.53 Å². The first-order valence-corrected chi connectivity index (χ1v) is 4.85. The largest absolute Gasteiger partial charge is 0.444 e. The summed E-state index contributed by atoms with van der Waals surface area (Å²) in [6, 6.07) is 1.97. The first-order chi connectivity index (χ1) is 6.60. The molecule has 0 bridgehead atoms. The summed E-state index contributed by atoms with van der Waals surface area (Å²) in [5.41, 5.74) is 0.877. The third kappa shape index (κ3) is 6.24. The number of esters is 1. The molecule has 1 atom stereocenters. The van der Waals surface area contributed by atoms with E-state index in [9.17, 15) is 4.79 Å². The van der Waals surface area contributed by atoms with Gasteiger partial charge in [-0.3, -0.25) is 0 Å². The minimum absolute atomic E-state index is 0.423. The molecule has 0 radical (unpaired) electrons. The number of rotatable bonds is 5. The van der Waals surface area contributed by atoms with Crippen molar-refractivity contribution in [1.29, 1.82) is 5.26 Å². The number of nitriles is 1. The fourth-order valence-corrected chi connectivity index (χ4v) is 0.949. The van der Waals surface area contributed by atoms with Gasteiger partial charge < -0.3 is 4.74 Å². The van der Waals surface area contributed by atoms with Crippen LogP contribution in [0.25, 0.3) is 0 Å². The van der Waals surface area contributed by atoms with E-state index in [1.54, 1.807) is 0 Å². The maximum atomic E-state index is 11.1. The highest BCUT2D eigenvalue weighted by Crippen LogP contribution is 2.05. The smallest absolute Gasteiger partial charge is 0.331 e. The van der Waals surface area contributed by atoms with Gasteiger partial charge >= 0.3 is 5.97 Å². The van der Waals surface area contributed by atoms with Crippen LogP contribution in [0, 0.1) is 11.3 Å². The van der Waals surface area contributed by atoms with Crippen LogP contribution >= 0.6 is 0 Å². The maximum absolute atomic E-state index is 11.1. The number of allylic oxidation sites excluding steroid dienone is 1. The van der Waals surface area contributed by atoms with Crippen LogP contribution in [0.1, 0.15) is 40.0 Å². The molecule has 0 spiro atoms. The Balaban J connectivity index is 4.00. The molecule has 0 N–H and O–H groups in total. The molecular formula is C11H17NO2. The number of hydrogen-bond donors (Lipinski definition) is 0. The van der Waals surface area contributed by atoms with Crippen LogP contribution in [0.15, 0.2) is 11.6 Å². The monoisotopic (exact) mass is 195 g/mol. The summed E-state index contributed by atoms with van der Waals surface area (Å²) in [6.45, 7) is 5.66. The molecule has 0 aliphatic carbocycles. The summed E-state index contributed by atoms with van der Waals surface area (Å²) in [6.07, 6.45) is 3.32. The topological polar surface area (TPSA) is 50.1 Å². The Morgan fingerprint density at radius 1 is 1.57 bits per heavy atom. The number of hydrogen-bond acceptors (Lipinski definition) is 3. The van der Waals surface area contributed by atoms with Gasteiger partial charge in [0.25, 0.3) is 0 Å². The van der Waals surface area contributed by atoms with Crippen LogP contribution in [0.5, 0.6) is 0 Å². The standard InChI is InChI=1S/C11H17NO2/c1-4-5-6-10(8-12)14-11(13)7-9(2)3/h7,10H,4-6H2,1-3H3. The fourth-order valence-electron chi connectivity index (χ4n) is 0.949. The van der Waals surface area contributed by atoms with Crippen molar-refractivity contribution in [2.45, 2.75) is 46.1 Å². The quantitative estimate of drug-likeness (QED) is 0.500. The summed E-state index contributed by atoms with van der Waals surface area (Å²) in [4.78, 5) is 11.1. The molecule has 78 valence electrons. The Morgan fingerprint density at radius 3 is 2.64 bits per heavy atom. The lowest BCUT2D eigenvalue weighted by molar-refractivity contribution is -0.140. The van der Waals surface area contributed by atoms with Crippen molar-refractivity contribution in [1.82, 2.24) is 0 Å². The minimum Gasteiger partial charge on any atom is -0.444 e. The highest BCUT2D eigenvalue weighted by molar-refractivity contribution is 5.82. The molecule has 0 fully saturated rings. The number of ether oxygens (including phenoxy) is 1. The van der Waals surface area contributed by atoms with Gasteiger partial charge in [-0.05, 0) is 26.7 Å². The van der Waals surface area contributed by atoms with Gasteiger partial charge in [-0.15, -0.1) is 0 Å². The highest BCUT2D eigenvalue weighted by atomic mass is 16.5. The first-order valence-electron chi connectivity index (χ1n) is 4.85. The lowest BCUT2D eigenvalue weighted by Crippen LogP contribution is -2.14. The number of unbranched alkanes of at least 4 members (excludes halogenated alkanes) is 1. The zero-order valence-electron chi connectivity index (χ0n) is 9.04. The van der Waals surface area contributed by atoms with E-state index in [1.165, 1.54) is 6.08 Å². The van der Waals surface area contributed by atoms with Crippen molar-refractivity contribution in [3.63, 3.8) is 0 Å². The molecule has 0 saturated heterocycles. The lowest BCUT2D eigenvalue weighted by atomic mass is 10.2. The molecule has 0 rings (SSSR count). The third-order valence-corrected chi connectivity index (χ3v) is 1.63. The van der Waals surface area contributed by atoms with E-state index in [4.69, 9.17) is 10.00 Å². The fraction of sp³-hybridized carbons (Fsp3) is 0.636. The van der Waals surface area contributed by atoms with Crippen LogP contribution in [0.4, 0.5) is 0 Å². The highest BCUT2D eigenvalue weighted by Gasteiger charge is 2.10. The molecule has 0 heterocycles. The zero-order valence-corrected chi connectivity index (χ0v) is 9.04. The molecule has 3 nitrogen and oxygen atoms in total. The van der Waals surface area contributed by atoms with Gasteiger partial charge in [0.15, 0.2) is 6.10 Å². The van der Waals surface area contributed by atoms with Gasteiger partial charge in [0.1, 0.15) is 6.07 Å². The van der Waals surface area contributed by atoms with Crippen LogP contribution in [-0.2, 0) is 9.53 Å². The Bertz CT molecular complexity index is 247. The predicted molar refractivity (Wildman–Crippen MR) is 54.4 cm³/mol. The van der Waals surface area contributed by atoms with Crippen LogP contribution in [0.2, 0.25) is 0 Å². The van der Waals surface area contributed by atoms with Crippen molar-refractivity contribution >= 4 is 5.97 Å². The van der Waals surface area contributed by atoms with Crippen LogP contribution in [0.3, 0.4) is 0 Å². The van der Waals surface area contributed by atoms with E-state index < -0.39 is 12.1 Å². The molecule has 0 saturated carbocycles. The first kappa shape index (κ1) is 12.7. The molecular weight excluding hydrogens is 178 g/mol. The van der Waals surface area contributed by atoms with Crippen LogP contribution in [-0.4, -0.2) is 12.1 Å². The van der Waals surface area contributed by atoms with E-state index in [2.05, 4.69) is 0 Å². The molecule has 0 aromatic rings. The average molecular weight is 195 g/mol. The zero-order chi connectivity index (χ0) is 11.0. The van der Waals surface area contributed by atoms with E-state index in [1.807, 2.05) is 26.8 Å². The molecule has 3 heteroatoms. The third-order valence-electron chi connectivity index (χ3n) is 1.63. The Kier molecular flexibility index (Phi) is 6.47. The number of nitrogens with zero attached hydrogens (tertiary/aromatic N) is 1. The maximum Gasteiger partial charge on any atom is 0.331 e. The molecule has 0 amide bonds. The Morgan fingerprint density at radius 2 is 2.21 bits per heavy atom. The van der Waals surface area contributed by atoms with E-state index in [0.29, 0.717) is 6.42 Å². The Labute approximate surface area is 85.4 Å². The average Bonchev–Trinajstić information content (AvgIpc) is 2.10. The number of carbonyl (C=O) groups is 1. The molecule has 14 heavy (non-hydrogen) atoms. The summed E-state index contributed by atoms with van der Waals surface area (Å²) in [7, 11) is 0. The lowest BCUT2D eigenvalue weighted by Gasteiger charge is -2.08. The SMILES string of the molecule is CCCCC(C#N)OC(=O)C=C(C)C. The summed E-state index contributed by atoms with van der Waals surface area (Å²) in [5, 5.41) is 8.69. The summed E-state index contributed by atoms with van der Waals surface area (Å²) >= 11 is 0. The van der Waals surface area contributed by atoms with Gasteiger partial charge in [-0.2, -0.15) is 5.26 Å². The molecule has 0 aromatic heterocycles. The van der Waals surface area contributed by atoms with Crippen molar-refractivity contribution in [3.8, 4) is 6.07 Å². The second-order valence-electron chi connectivity index (χ2n) is 3.42. The van der Waals surface area contributed by atoms with Gasteiger partial charge in [-0.1, -0.05) is 18.9 Å². The van der Waals surface area contributed by atoms with Crippen LogP contribution < -0.4 is 0 Å². The summed E-state index contributed by atoms with van der Waals surface area (Å²) < 4.78 is 4.94. The van der Waals surface area contributed by atoms with E-state index in [-0.39, 0.29) is 0 Å².